The van der Waals surface area contributed by atoms with E-state index >= 15 is 52.7 Å². The Balaban J connectivity index is 2.77. The Kier molecular flexibility index (Phi) is 10.1. The Bertz CT molecular complexity index is 1760. The summed E-state index contributed by atoms with van der Waals surface area (Å²) in [4.78, 5) is 35.5. The van der Waals surface area contributed by atoms with Gasteiger partial charge in [0.2, 0.25) is 6.17 Å². The molecule has 0 radical (unpaired) electrons. The predicted octanol–water partition coefficient (Wildman–Crippen LogP) is 8.59. The van der Waals surface area contributed by atoms with Gasteiger partial charge in [-0.15, -0.1) is 0 Å². The lowest BCUT2D eigenvalue weighted by Gasteiger charge is -2.75. The quantitative estimate of drug-likeness (QED) is 0.131. The van der Waals surface area contributed by atoms with Crippen molar-refractivity contribution in [2.24, 2.45) is 0 Å². The summed E-state index contributed by atoms with van der Waals surface area (Å²) in [6.07, 6.45) is -32.6. The SMILES string of the molecule is O=C(OC12C(F)C3(OC(=O)C(F)(F)C(F)(F)C(F)(F)F)C(F)(F)C(F)(C1(F)F)C(F)(F)C(OC(=O)C(F)(F)C(F)(F)C(F)(F)F)(C2(F)F)C3(F)F)C(F)(F)C(F)(F)C(F)(F)F. The number of hydrogen-bond acceptors (Lipinski definition) is 6. The molecule has 356 valence electrons. The zero-order valence-electron chi connectivity index (χ0n) is 26.0. The van der Waals surface area contributed by atoms with Crippen molar-refractivity contribution < 1.29 is 173 Å². The van der Waals surface area contributed by atoms with Gasteiger partial charge < -0.3 is 14.2 Å². The third-order valence-electron chi connectivity index (χ3n) is 8.98. The first kappa shape index (κ1) is 51.5. The smallest absolute Gasteiger partial charge is 0.438 e. The van der Waals surface area contributed by atoms with Crippen molar-refractivity contribution in [2.45, 2.75) is 112 Å². The third kappa shape index (κ3) is 4.79. The van der Waals surface area contributed by atoms with Crippen molar-refractivity contribution in [1.29, 1.82) is 0 Å². The van der Waals surface area contributed by atoms with Crippen LogP contribution in [0.1, 0.15) is 0 Å². The van der Waals surface area contributed by atoms with Crippen LogP contribution in [0.3, 0.4) is 0 Å². The van der Waals surface area contributed by atoms with Crippen LogP contribution in [0.5, 0.6) is 0 Å². The Labute approximate surface area is 305 Å². The molecule has 0 amide bonds. The molecular formula is C22HF33O6. The molecule has 2 atom stereocenters. The fourth-order valence-corrected chi connectivity index (χ4v) is 5.87. The van der Waals surface area contributed by atoms with Gasteiger partial charge in [0.15, 0.2) is 0 Å². The number of halogens is 33. The largest absolute Gasteiger partial charge is 0.460 e. The maximum absolute atomic E-state index is 16.1. The van der Waals surface area contributed by atoms with Gasteiger partial charge in [-0.3, -0.25) is 0 Å². The van der Waals surface area contributed by atoms with E-state index in [0.29, 0.717) is 0 Å². The first-order valence-corrected chi connectivity index (χ1v) is 13.4. The number of hydrogen-bond donors (Lipinski definition) is 0. The number of carbonyl (C=O) groups is 3. The van der Waals surface area contributed by atoms with Crippen LogP contribution in [-0.4, -0.2) is 130 Å². The van der Waals surface area contributed by atoms with E-state index in [1.165, 1.54) is 0 Å². The molecule has 4 fully saturated rings. The molecule has 0 heterocycles. The van der Waals surface area contributed by atoms with Crippen LogP contribution in [0.4, 0.5) is 145 Å². The van der Waals surface area contributed by atoms with E-state index in [1.807, 2.05) is 9.47 Å². The van der Waals surface area contributed by atoms with Crippen LogP contribution < -0.4 is 0 Å². The Hall–Kier alpha value is -3.90. The highest BCUT2D eigenvalue weighted by molar-refractivity contribution is 5.83. The fourth-order valence-electron chi connectivity index (χ4n) is 5.87. The van der Waals surface area contributed by atoms with Gasteiger partial charge in [0.25, 0.3) is 11.2 Å². The Morgan fingerprint density at radius 2 is 0.557 bits per heavy atom. The van der Waals surface area contributed by atoms with E-state index in [1.54, 1.807) is 4.74 Å². The molecule has 6 nitrogen and oxygen atoms in total. The van der Waals surface area contributed by atoms with Gasteiger partial charge in [0, 0.05) is 0 Å². The van der Waals surface area contributed by atoms with Gasteiger partial charge in [-0.25, -0.2) is 23.2 Å². The summed E-state index contributed by atoms with van der Waals surface area (Å²) in [6, 6.07) is 0. The summed E-state index contributed by atoms with van der Waals surface area (Å²) in [7, 11) is 0. The first-order valence-electron chi connectivity index (χ1n) is 13.4. The number of esters is 3. The summed E-state index contributed by atoms with van der Waals surface area (Å²) in [6.45, 7) is 0. The summed E-state index contributed by atoms with van der Waals surface area (Å²) < 4.78 is 475. The van der Waals surface area contributed by atoms with Gasteiger partial charge in [-0.05, 0) is 0 Å². The fraction of sp³-hybridized carbons (Fsp3) is 0.864. The molecule has 4 rings (SSSR count). The van der Waals surface area contributed by atoms with Crippen LogP contribution in [0.15, 0.2) is 0 Å². The van der Waals surface area contributed by atoms with Gasteiger partial charge in [0.05, 0.1) is 0 Å². The lowest BCUT2D eigenvalue weighted by molar-refractivity contribution is -0.603. The maximum atomic E-state index is 16.1. The molecule has 61 heavy (non-hydrogen) atoms. The number of rotatable bonds is 9. The van der Waals surface area contributed by atoms with E-state index < -0.39 is 130 Å². The van der Waals surface area contributed by atoms with Crippen molar-refractivity contribution in [3.05, 3.63) is 0 Å². The summed E-state index contributed by atoms with van der Waals surface area (Å²) in [5, 5.41) is 0. The minimum atomic E-state index is -9.51. The van der Waals surface area contributed by atoms with Crippen LogP contribution >= 0.6 is 0 Å². The average Bonchev–Trinajstić information content (AvgIpc) is 3.02. The molecule has 0 aromatic carbocycles. The average molecular weight is 988 g/mol. The van der Waals surface area contributed by atoms with E-state index in [-0.39, 0.29) is 0 Å². The molecular weight excluding hydrogens is 987 g/mol. The standard InChI is InChI=1S/C22HF33O6/c23-1-5(59-2(56)7(24,25)16(39,40)20(47,48)49)12(31,32)10(30)13(33,34)6(1,60-3(57)8(26,27)17(41,42)21(50,51)52)15(37,38)11(14(5,35)36,19(10,45)46)61-4(58)9(28,29)18(43,44)22(53,54)55/h1H. The maximum Gasteiger partial charge on any atom is 0.460 e. The van der Waals surface area contributed by atoms with Crippen molar-refractivity contribution in [2.75, 3.05) is 0 Å². The van der Waals surface area contributed by atoms with Crippen LogP contribution in [0.2, 0.25) is 0 Å². The summed E-state index contributed by atoms with van der Waals surface area (Å²) in [5.74, 6) is -117. The number of carbonyl (C=O) groups excluding carboxylic acids is 3. The molecule has 0 spiro atoms. The minimum Gasteiger partial charge on any atom is -0.438 e. The van der Waals surface area contributed by atoms with E-state index in [9.17, 15) is 107 Å². The Morgan fingerprint density at radius 3 is 0.770 bits per heavy atom. The monoisotopic (exact) mass is 988 g/mol. The second kappa shape index (κ2) is 12.0. The molecule has 39 heteroatoms. The van der Waals surface area contributed by atoms with Crippen LogP contribution in [0, 0.1) is 0 Å². The molecule has 2 unspecified atom stereocenters. The van der Waals surface area contributed by atoms with Gasteiger partial charge in [-0.2, -0.15) is 136 Å². The van der Waals surface area contributed by atoms with Crippen molar-refractivity contribution >= 4 is 17.9 Å². The second-order valence-corrected chi connectivity index (χ2v) is 12.2. The van der Waals surface area contributed by atoms with E-state index in [4.69, 9.17) is 0 Å². The molecule has 4 saturated carbocycles. The molecule has 0 N–H and O–H groups in total. The highest BCUT2D eigenvalue weighted by Gasteiger charge is 3.21. The van der Waals surface area contributed by atoms with E-state index in [2.05, 4.69) is 0 Å². The van der Waals surface area contributed by atoms with E-state index in [0.717, 1.165) is 0 Å². The normalized spacial score (nSPS) is 32.3. The molecule has 0 saturated heterocycles. The molecule has 4 bridgehead atoms. The second-order valence-electron chi connectivity index (χ2n) is 12.2. The summed E-state index contributed by atoms with van der Waals surface area (Å²) >= 11 is 0. The number of alkyl halides is 33. The zero-order valence-corrected chi connectivity index (χ0v) is 26.0. The third-order valence-corrected chi connectivity index (χ3v) is 8.98. The predicted molar refractivity (Wildman–Crippen MR) is 108 cm³/mol. The van der Waals surface area contributed by atoms with Gasteiger partial charge in [-0.1, -0.05) is 0 Å². The molecule has 0 aromatic heterocycles. The molecule has 0 aliphatic heterocycles. The molecule has 4 aliphatic rings. The van der Waals surface area contributed by atoms with Gasteiger partial charge in [0.1, 0.15) is 0 Å². The molecule has 0 aromatic rings. The highest BCUT2D eigenvalue weighted by Crippen LogP contribution is 2.86. The van der Waals surface area contributed by atoms with Crippen molar-refractivity contribution in [3.63, 3.8) is 0 Å². The lowest BCUT2D eigenvalue weighted by Crippen LogP contribution is -3.10. The topological polar surface area (TPSA) is 78.9 Å². The Morgan fingerprint density at radius 1 is 0.344 bits per heavy atom. The summed E-state index contributed by atoms with van der Waals surface area (Å²) in [5.41, 5.74) is -36.8. The van der Waals surface area contributed by atoms with Crippen LogP contribution in [0.25, 0.3) is 0 Å². The van der Waals surface area contributed by atoms with Gasteiger partial charge >= 0.3 is 113 Å². The molecule has 4 aliphatic carbocycles. The minimum absolute atomic E-state index is 1.66. The first-order chi connectivity index (χ1) is 26.0. The highest BCUT2D eigenvalue weighted by atomic mass is 19.4. The number of ether oxygens (including phenoxy) is 3. The van der Waals surface area contributed by atoms with Crippen LogP contribution in [-0.2, 0) is 28.6 Å². The van der Waals surface area contributed by atoms with Crippen molar-refractivity contribution in [3.8, 4) is 0 Å². The zero-order chi connectivity index (χ0) is 49.4. The van der Waals surface area contributed by atoms with Crippen molar-refractivity contribution in [1.82, 2.24) is 0 Å². The lowest BCUT2D eigenvalue weighted by atomic mass is 9.39.